The monoisotopic (exact) mass is 512 g/mol. The van der Waals surface area contributed by atoms with E-state index in [1.54, 1.807) is 26.2 Å². The number of carbonyl (C=O) groups excluding carboxylic acids is 1. The Labute approximate surface area is 212 Å². The quantitative estimate of drug-likeness (QED) is 0.526. The lowest BCUT2D eigenvalue weighted by molar-refractivity contribution is -0.00377. The molecule has 6 rings (SSSR count). The van der Waals surface area contributed by atoms with Gasteiger partial charge in [0.1, 0.15) is 12.3 Å². The molecule has 0 bridgehead atoms. The van der Waals surface area contributed by atoms with Gasteiger partial charge < -0.3 is 14.5 Å². The van der Waals surface area contributed by atoms with Crippen LogP contribution < -0.4 is 9.80 Å². The summed E-state index contributed by atoms with van der Waals surface area (Å²) in [6.45, 7) is 6.21. The lowest BCUT2D eigenvalue weighted by atomic mass is 9.73. The molecule has 188 valence electrons. The molecule has 0 unspecified atom stereocenters. The van der Waals surface area contributed by atoms with Gasteiger partial charge in [0.2, 0.25) is 11.9 Å². The van der Waals surface area contributed by atoms with E-state index in [4.69, 9.17) is 16.3 Å². The van der Waals surface area contributed by atoms with E-state index >= 15 is 0 Å². The molecule has 1 amide bonds. The number of ether oxygens (including phenoxy) is 1. The molecule has 0 aliphatic carbocycles. The van der Waals surface area contributed by atoms with Gasteiger partial charge in [0.25, 0.3) is 0 Å². The smallest absolute Gasteiger partial charge is 0.411 e. The van der Waals surface area contributed by atoms with Crippen LogP contribution in [0, 0.1) is 5.41 Å². The van der Waals surface area contributed by atoms with Crippen LogP contribution in [0.25, 0.3) is 5.69 Å². The third-order valence-electron chi connectivity index (χ3n) is 6.86. The van der Waals surface area contributed by atoms with Crippen LogP contribution in [0.15, 0.2) is 36.7 Å². The fourth-order valence-corrected chi connectivity index (χ4v) is 5.31. The summed E-state index contributed by atoms with van der Waals surface area (Å²) in [6.07, 6.45) is 2.91. The minimum Gasteiger partial charge on any atom is -0.441 e. The Morgan fingerprint density at radius 2 is 1.83 bits per heavy atom. The summed E-state index contributed by atoms with van der Waals surface area (Å²) < 4.78 is 20.7. The summed E-state index contributed by atoms with van der Waals surface area (Å²) in [5.74, 6) is 2.09. The molecule has 3 aromatic rings. The fourth-order valence-electron chi connectivity index (χ4n) is 5.11. The van der Waals surface area contributed by atoms with E-state index in [2.05, 4.69) is 30.0 Å². The standard InChI is InChI=1S/C24H26ClFN8O2/c1-23(2,11-26)36-22(35)31-9-16-8-17(25)4-5-18(16)34-19(10-31)29-30-21(34)33-14-24(15-33)12-32(13-24)20-27-6-3-7-28-20/h3-8H,9-15H2,1-2H3. The number of rotatable bonds is 4. The summed E-state index contributed by atoms with van der Waals surface area (Å²) in [4.78, 5) is 27.5. The molecule has 2 fully saturated rings. The zero-order chi connectivity index (χ0) is 25.1. The molecule has 2 aromatic heterocycles. The lowest BCUT2D eigenvalue weighted by Crippen LogP contribution is -2.73. The van der Waals surface area contributed by atoms with Gasteiger partial charge in [-0.15, -0.1) is 10.2 Å². The predicted molar refractivity (Wildman–Crippen MR) is 131 cm³/mol. The molecule has 2 saturated heterocycles. The summed E-state index contributed by atoms with van der Waals surface area (Å²) >= 11 is 6.31. The first-order valence-corrected chi connectivity index (χ1v) is 12.2. The molecule has 3 aliphatic rings. The molecule has 0 radical (unpaired) electrons. The van der Waals surface area contributed by atoms with Gasteiger partial charge in [-0.25, -0.2) is 19.2 Å². The largest absolute Gasteiger partial charge is 0.441 e. The number of hydrogen-bond acceptors (Lipinski definition) is 8. The van der Waals surface area contributed by atoms with Gasteiger partial charge >= 0.3 is 6.09 Å². The number of fused-ring (bicyclic) bond motifs is 3. The van der Waals surface area contributed by atoms with E-state index < -0.39 is 18.4 Å². The highest BCUT2D eigenvalue weighted by Gasteiger charge is 2.54. The number of amides is 1. The Morgan fingerprint density at radius 3 is 2.56 bits per heavy atom. The van der Waals surface area contributed by atoms with Crippen molar-refractivity contribution in [3.63, 3.8) is 0 Å². The molecule has 12 heteroatoms. The molecule has 0 atom stereocenters. The molecule has 0 saturated carbocycles. The summed E-state index contributed by atoms with van der Waals surface area (Å²) in [5.41, 5.74) is 0.659. The van der Waals surface area contributed by atoms with Crippen molar-refractivity contribution in [2.45, 2.75) is 32.5 Å². The number of anilines is 2. The van der Waals surface area contributed by atoms with Crippen molar-refractivity contribution in [1.82, 2.24) is 29.6 Å². The molecule has 1 spiro atoms. The van der Waals surface area contributed by atoms with E-state index in [0.717, 1.165) is 49.3 Å². The maximum atomic E-state index is 13.3. The SMILES string of the molecule is CC(C)(CF)OC(=O)N1Cc2cc(Cl)ccc2-n2c(nnc2N2CC3(CN(c4ncccn4)C3)C2)C1. The molecule has 5 heterocycles. The normalized spacial score (nSPS) is 18.2. The van der Waals surface area contributed by atoms with Crippen LogP contribution in [0.2, 0.25) is 5.02 Å². The van der Waals surface area contributed by atoms with Crippen LogP contribution in [0.3, 0.4) is 0 Å². The molecule has 3 aliphatic heterocycles. The predicted octanol–water partition coefficient (Wildman–Crippen LogP) is 3.24. The first kappa shape index (κ1) is 23.0. The summed E-state index contributed by atoms with van der Waals surface area (Å²) in [5, 5.41) is 9.49. The van der Waals surface area contributed by atoms with Crippen molar-refractivity contribution < 1.29 is 13.9 Å². The minimum atomic E-state index is -1.22. The van der Waals surface area contributed by atoms with Crippen molar-refractivity contribution in [2.75, 3.05) is 42.7 Å². The van der Waals surface area contributed by atoms with E-state index in [9.17, 15) is 9.18 Å². The zero-order valence-electron chi connectivity index (χ0n) is 20.1. The Morgan fingerprint density at radius 1 is 1.11 bits per heavy atom. The Kier molecular flexibility index (Phi) is 5.29. The Balaban J connectivity index is 1.25. The van der Waals surface area contributed by atoms with Gasteiger partial charge in [0.05, 0.1) is 18.8 Å². The third-order valence-corrected chi connectivity index (χ3v) is 7.09. The number of carbonyl (C=O) groups is 1. The van der Waals surface area contributed by atoms with Gasteiger partial charge in [-0.1, -0.05) is 11.6 Å². The van der Waals surface area contributed by atoms with Crippen LogP contribution in [0.1, 0.15) is 25.2 Å². The molecular weight excluding hydrogens is 487 g/mol. The maximum Gasteiger partial charge on any atom is 0.411 e. The topological polar surface area (TPSA) is 92.5 Å². The van der Waals surface area contributed by atoms with Gasteiger partial charge in [-0.2, -0.15) is 0 Å². The molecule has 0 N–H and O–H groups in total. The van der Waals surface area contributed by atoms with Crippen molar-refractivity contribution in [3.05, 3.63) is 53.1 Å². The van der Waals surface area contributed by atoms with Gasteiger partial charge in [0.15, 0.2) is 5.82 Å². The average molecular weight is 513 g/mol. The first-order valence-electron chi connectivity index (χ1n) is 11.8. The summed E-state index contributed by atoms with van der Waals surface area (Å²) in [6, 6.07) is 7.38. The number of hydrogen-bond donors (Lipinski definition) is 0. The lowest BCUT2D eigenvalue weighted by Gasteiger charge is -2.60. The van der Waals surface area contributed by atoms with E-state index in [-0.39, 0.29) is 18.5 Å². The number of nitrogens with zero attached hydrogens (tertiary/aromatic N) is 8. The second-order valence-corrected chi connectivity index (χ2v) is 10.8. The number of aromatic nitrogens is 5. The van der Waals surface area contributed by atoms with Crippen LogP contribution in [-0.2, 0) is 17.8 Å². The molecule has 36 heavy (non-hydrogen) atoms. The highest BCUT2D eigenvalue weighted by molar-refractivity contribution is 6.30. The molecule has 10 nitrogen and oxygen atoms in total. The third kappa shape index (κ3) is 3.91. The second kappa shape index (κ2) is 8.29. The number of halogens is 2. The highest BCUT2D eigenvalue weighted by Crippen LogP contribution is 2.43. The first-order chi connectivity index (χ1) is 17.3. The van der Waals surface area contributed by atoms with Crippen molar-refractivity contribution in [3.8, 4) is 5.69 Å². The van der Waals surface area contributed by atoms with Crippen molar-refractivity contribution in [1.29, 1.82) is 0 Å². The average Bonchev–Trinajstić information content (AvgIpc) is 3.12. The molecular formula is C24H26ClFN8O2. The van der Waals surface area contributed by atoms with Crippen molar-refractivity contribution in [2.24, 2.45) is 5.41 Å². The Hall–Kier alpha value is -3.47. The second-order valence-electron chi connectivity index (χ2n) is 10.4. The van der Waals surface area contributed by atoms with E-state index in [0.29, 0.717) is 10.8 Å². The summed E-state index contributed by atoms with van der Waals surface area (Å²) in [7, 11) is 0. The maximum absolute atomic E-state index is 13.3. The van der Waals surface area contributed by atoms with Crippen LogP contribution in [-0.4, -0.2) is 74.2 Å². The Bertz CT molecular complexity index is 1300. The van der Waals surface area contributed by atoms with Gasteiger partial charge in [0, 0.05) is 49.0 Å². The van der Waals surface area contributed by atoms with Crippen LogP contribution in [0.5, 0.6) is 0 Å². The van der Waals surface area contributed by atoms with Gasteiger partial charge in [-0.3, -0.25) is 9.47 Å². The van der Waals surface area contributed by atoms with Crippen molar-refractivity contribution >= 4 is 29.6 Å². The zero-order valence-corrected chi connectivity index (χ0v) is 20.8. The van der Waals surface area contributed by atoms with E-state index in [1.165, 1.54) is 4.90 Å². The van der Waals surface area contributed by atoms with Crippen LogP contribution >= 0.6 is 11.6 Å². The highest BCUT2D eigenvalue weighted by atomic mass is 35.5. The van der Waals surface area contributed by atoms with Gasteiger partial charge in [-0.05, 0) is 43.7 Å². The number of benzene rings is 1. The minimum absolute atomic E-state index is 0.174. The van der Waals surface area contributed by atoms with Crippen LogP contribution in [0.4, 0.5) is 21.1 Å². The van der Waals surface area contributed by atoms with E-state index in [1.807, 2.05) is 28.8 Å². The molecule has 1 aromatic carbocycles. The fraction of sp³-hybridized carbons (Fsp3) is 0.458. The number of alkyl halides is 1.